The molecule has 1 N–H and O–H groups in total. The fourth-order valence-electron chi connectivity index (χ4n) is 3.80. The first-order valence-electron chi connectivity index (χ1n) is 8.20. The third-order valence-corrected chi connectivity index (χ3v) is 5.15. The normalized spacial score (nSPS) is 29.4. The van der Waals surface area contributed by atoms with Crippen molar-refractivity contribution in [2.75, 3.05) is 13.1 Å². The van der Waals surface area contributed by atoms with Crippen molar-refractivity contribution in [3.05, 3.63) is 36.9 Å². The van der Waals surface area contributed by atoms with Gasteiger partial charge in [0.2, 0.25) is 0 Å². The average molecular weight is 311 g/mol. The van der Waals surface area contributed by atoms with Gasteiger partial charge in [0.1, 0.15) is 0 Å². The molecule has 4 atom stereocenters. The Balaban J connectivity index is 1.45. The van der Waals surface area contributed by atoms with E-state index in [-0.39, 0.29) is 12.1 Å². The van der Waals surface area contributed by atoms with Gasteiger partial charge in [-0.15, -0.1) is 0 Å². The number of rotatable bonds is 2. The molecule has 2 bridgehead atoms. The molecular weight excluding hydrogens is 290 g/mol. The SMILES string of the molecule is CC1CC2CCN1C[C@@H]2NC(=O)n1cc(-c2cccnc2)cn1. The minimum absolute atomic E-state index is 0.147. The van der Waals surface area contributed by atoms with E-state index < -0.39 is 0 Å². The van der Waals surface area contributed by atoms with Gasteiger partial charge in [-0.3, -0.25) is 9.88 Å². The average Bonchev–Trinajstić information content (AvgIpc) is 3.07. The minimum atomic E-state index is -0.147. The quantitative estimate of drug-likeness (QED) is 0.921. The summed E-state index contributed by atoms with van der Waals surface area (Å²) in [5.41, 5.74) is 1.86. The number of hydrogen-bond donors (Lipinski definition) is 1. The number of nitrogens with zero attached hydrogens (tertiary/aromatic N) is 4. The third-order valence-electron chi connectivity index (χ3n) is 5.15. The highest BCUT2D eigenvalue weighted by atomic mass is 16.2. The maximum Gasteiger partial charge on any atom is 0.342 e. The molecule has 23 heavy (non-hydrogen) atoms. The van der Waals surface area contributed by atoms with Crippen LogP contribution in [0.4, 0.5) is 4.79 Å². The van der Waals surface area contributed by atoms with E-state index in [2.05, 4.69) is 27.2 Å². The number of piperidine rings is 3. The van der Waals surface area contributed by atoms with Gasteiger partial charge in [0.15, 0.2) is 0 Å². The molecule has 5 rings (SSSR count). The van der Waals surface area contributed by atoms with Gasteiger partial charge in [0.25, 0.3) is 0 Å². The van der Waals surface area contributed by atoms with Crippen LogP contribution in [-0.2, 0) is 0 Å². The Kier molecular flexibility index (Phi) is 3.61. The third kappa shape index (κ3) is 2.74. The van der Waals surface area contributed by atoms with Gasteiger partial charge in [-0.25, -0.2) is 4.79 Å². The Morgan fingerprint density at radius 3 is 2.96 bits per heavy atom. The van der Waals surface area contributed by atoms with Crippen LogP contribution in [0.25, 0.3) is 11.1 Å². The molecule has 2 aromatic heterocycles. The highest BCUT2D eigenvalue weighted by Crippen LogP contribution is 2.31. The summed E-state index contributed by atoms with van der Waals surface area (Å²) in [5, 5.41) is 7.35. The van der Waals surface area contributed by atoms with Gasteiger partial charge < -0.3 is 5.32 Å². The minimum Gasteiger partial charge on any atom is -0.332 e. The summed E-state index contributed by atoms with van der Waals surface area (Å²) in [5.74, 6) is 0.590. The molecular formula is C17H21N5O. The second-order valence-electron chi connectivity index (χ2n) is 6.60. The van der Waals surface area contributed by atoms with Crippen LogP contribution in [0.2, 0.25) is 0 Å². The predicted molar refractivity (Wildman–Crippen MR) is 86.9 cm³/mol. The van der Waals surface area contributed by atoms with Gasteiger partial charge in [0, 0.05) is 48.3 Å². The van der Waals surface area contributed by atoms with Crippen LogP contribution in [-0.4, -0.2) is 50.9 Å². The summed E-state index contributed by atoms with van der Waals surface area (Å²) >= 11 is 0. The topological polar surface area (TPSA) is 63.1 Å². The number of carbonyl (C=O) groups excluding carboxylic acids is 1. The Morgan fingerprint density at radius 2 is 2.26 bits per heavy atom. The molecule has 0 radical (unpaired) electrons. The molecule has 3 saturated heterocycles. The Labute approximate surface area is 135 Å². The van der Waals surface area contributed by atoms with E-state index in [9.17, 15) is 4.79 Å². The highest BCUT2D eigenvalue weighted by molar-refractivity contribution is 5.77. The predicted octanol–water partition coefficient (Wildman–Crippen LogP) is 1.99. The van der Waals surface area contributed by atoms with E-state index in [1.165, 1.54) is 17.5 Å². The van der Waals surface area contributed by atoms with Crippen LogP contribution in [0.15, 0.2) is 36.9 Å². The van der Waals surface area contributed by atoms with Gasteiger partial charge in [-0.05, 0) is 38.3 Å². The van der Waals surface area contributed by atoms with Crippen molar-refractivity contribution in [2.45, 2.75) is 31.8 Å². The Morgan fingerprint density at radius 1 is 1.35 bits per heavy atom. The van der Waals surface area contributed by atoms with Crippen LogP contribution in [0, 0.1) is 5.92 Å². The molecule has 1 amide bonds. The molecule has 0 aliphatic carbocycles. The summed E-state index contributed by atoms with van der Waals surface area (Å²) in [6.45, 7) is 4.39. The second kappa shape index (κ2) is 5.77. The van der Waals surface area contributed by atoms with Crippen molar-refractivity contribution in [2.24, 2.45) is 5.92 Å². The number of fused-ring (bicyclic) bond motifs is 3. The van der Waals surface area contributed by atoms with Crippen LogP contribution in [0.5, 0.6) is 0 Å². The highest BCUT2D eigenvalue weighted by Gasteiger charge is 2.38. The fourth-order valence-corrected chi connectivity index (χ4v) is 3.80. The first-order chi connectivity index (χ1) is 11.2. The van der Waals surface area contributed by atoms with Crippen LogP contribution in [0.3, 0.4) is 0 Å². The molecule has 0 aromatic carbocycles. The van der Waals surface area contributed by atoms with E-state index in [4.69, 9.17) is 0 Å². The van der Waals surface area contributed by atoms with E-state index in [0.717, 1.165) is 24.2 Å². The van der Waals surface area contributed by atoms with Crippen molar-refractivity contribution in [1.82, 2.24) is 25.0 Å². The zero-order chi connectivity index (χ0) is 15.8. The van der Waals surface area contributed by atoms with Gasteiger partial charge >= 0.3 is 6.03 Å². The van der Waals surface area contributed by atoms with Crippen LogP contribution < -0.4 is 5.32 Å². The summed E-state index contributed by atoms with van der Waals surface area (Å²) in [6.07, 6.45) is 9.31. The molecule has 6 nitrogen and oxygen atoms in total. The molecule has 0 saturated carbocycles. The summed E-state index contributed by atoms with van der Waals surface area (Å²) < 4.78 is 1.39. The summed E-state index contributed by atoms with van der Waals surface area (Å²) in [4.78, 5) is 19.0. The molecule has 2 aromatic rings. The van der Waals surface area contributed by atoms with E-state index >= 15 is 0 Å². The lowest BCUT2D eigenvalue weighted by Gasteiger charge is -2.48. The Bertz CT molecular complexity index is 698. The summed E-state index contributed by atoms with van der Waals surface area (Å²) in [7, 11) is 0. The second-order valence-corrected chi connectivity index (χ2v) is 6.60. The maximum atomic E-state index is 12.5. The standard InChI is InChI=1S/C17H21N5O/c1-12-7-13-4-6-21(12)11-16(13)20-17(23)22-10-15(9-19-22)14-3-2-5-18-8-14/h2-3,5,8-10,12-13,16H,4,6-7,11H2,1H3,(H,20,23)/t12?,13?,16-/m0/s1. The van der Waals surface area contributed by atoms with Crippen LogP contribution >= 0.6 is 0 Å². The van der Waals surface area contributed by atoms with Crippen molar-refractivity contribution < 1.29 is 4.79 Å². The van der Waals surface area contributed by atoms with Crippen molar-refractivity contribution in [3.8, 4) is 11.1 Å². The fraction of sp³-hybridized carbons (Fsp3) is 0.471. The molecule has 5 heterocycles. The van der Waals surface area contributed by atoms with Crippen molar-refractivity contribution in [3.63, 3.8) is 0 Å². The maximum absolute atomic E-state index is 12.5. The molecule has 0 spiro atoms. The molecule has 6 heteroatoms. The monoisotopic (exact) mass is 311 g/mol. The molecule has 3 fully saturated rings. The molecule has 3 aliphatic heterocycles. The van der Waals surface area contributed by atoms with E-state index in [0.29, 0.717) is 12.0 Å². The molecule has 3 aliphatic rings. The lowest BCUT2D eigenvalue weighted by atomic mass is 9.80. The number of amides is 1. The van der Waals surface area contributed by atoms with E-state index in [1.807, 2.05) is 12.1 Å². The van der Waals surface area contributed by atoms with Gasteiger partial charge in [-0.1, -0.05) is 6.07 Å². The smallest absolute Gasteiger partial charge is 0.332 e. The number of pyridine rings is 1. The number of aromatic nitrogens is 3. The lowest BCUT2D eigenvalue weighted by Crippen LogP contribution is -2.60. The van der Waals surface area contributed by atoms with E-state index in [1.54, 1.807) is 24.8 Å². The van der Waals surface area contributed by atoms with Crippen molar-refractivity contribution in [1.29, 1.82) is 0 Å². The number of hydrogen-bond acceptors (Lipinski definition) is 4. The lowest BCUT2D eigenvalue weighted by molar-refractivity contribution is 0.0321. The number of carbonyl (C=O) groups is 1. The largest absolute Gasteiger partial charge is 0.342 e. The summed E-state index contributed by atoms with van der Waals surface area (Å²) in [6, 6.07) is 4.57. The number of nitrogens with one attached hydrogen (secondary N) is 1. The zero-order valence-electron chi connectivity index (χ0n) is 13.2. The molecule has 120 valence electrons. The first-order valence-corrected chi connectivity index (χ1v) is 8.20. The Hall–Kier alpha value is -2.21. The van der Waals surface area contributed by atoms with Crippen LogP contribution in [0.1, 0.15) is 19.8 Å². The van der Waals surface area contributed by atoms with Gasteiger partial charge in [0.05, 0.1) is 6.20 Å². The zero-order valence-corrected chi connectivity index (χ0v) is 13.2. The van der Waals surface area contributed by atoms with Gasteiger partial charge in [-0.2, -0.15) is 9.78 Å². The molecule has 3 unspecified atom stereocenters. The van der Waals surface area contributed by atoms with Crippen molar-refractivity contribution >= 4 is 6.03 Å². The first kappa shape index (κ1) is 14.4.